The van der Waals surface area contributed by atoms with Crippen LogP contribution in [-0.2, 0) is 21.1 Å². The molecule has 0 aliphatic rings. The van der Waals surface area contributed by atoms with Crippen molar-refractivity contribution in [3.63, 3.8) is 0 Å². The number of hydrogen-bond acceptors (Lipinski definition) is 4. The van der Waals surface area contributed by atoms with Crippen LogP contribution >= 0.6 is 0 Å². The SMILES string of the molecule is CCc1ccc(NC(=O)CNc2ccc(S(=O)(=O)CC)cc2)cc1. The van der Waals surface area contributed by atoms with Crippen molar-refractivity contribution in [1.82, 2.24) is 0 Å². The Morgan fingerprint density at radius 3 is 2.04 bits per heavy atom. The van der Waals surface area contributed by atoms with Gasteiger partial charge >= 0.3 is 0 Å². The second-order valence-corrected chi connectivity index (χ2v) is 7.66. The summed E-state index contributed by atoms with van der Waals surface area (Å²) >= 11 is 0. The molecular formula is C18H22N2O3S. The number of carbonyl (C=O) groups is 1. The van der Waals surface area contributed by atoms with E-state index in [2.05, 4.69) is 17.6 Å². The summed E-state index contributed by atoms with van der Waals surface area (Å²) in [6.07, 6.45) is 0.958. The molecule has 0 aliphatic heterocycles. The van der Waals surface area contributed by atoms with E-state index in [-0.39, 0.29) is 23.1 Å². The molecule has 0 fully saturated rings. The van der Waals surface area contributed by atoms with Crippen LogP contribution in [0.1, 0.15) is 19.4 Å². The van der Waals surface area contributed by atoms with Crippen molar-refractivity contribution >= 4 is 27.1 Å². The summed E-state index contributed by atoms with van der Waals surface area (Å²) in [5, 5.41) is 5.79. The number of rotatable bonds is 7. The Bertz CT molecular complexity index is 782. The van der Waals surface area contributed by atoms with Crippen LogP contribution in [0.4, 0.5) is 11.4 Å². The maximum Gasteiger partial charge on any atom is 0.243 e. The average molecular weight is 346 g/mol. The molecule has 2 aromatic rings. The largest absolute Gasteiger partial charge is 0.376 e. The zero-order chi connectivity index (χ0) is 17.6. The molecule has 1 amide bonds. The molecular weight excluding hydrogens is 324 g/mol. The van der Waals surface area contributed by atoms with E-state index in [1.807, 2.05) is 24.3 Å². The number of nitrogens with one attached hydrogen (secondary N) is 2. The molecule has 0 radical (unpaired) electrons. The van der Waals surface area contributed by atoms with Crippen molar-refractivity contribution in [2.75, 3.05) is 22.9 Å². The first-order valence-electron chi connectivity index (χ1n) is 7.90. The Kier molecular flexibility index (Phi) is 5.98. The fourth-order valence-electron chi connectivity index (χ4n) is 2.16. The van der Waals surface area contributed by atoms with Gasteiger partial charge in [-0.15, -0.1) is 0 Å². The van der Waals surface area contributed by atoms with Crippen LogP contribution in [-0.4, -0.2) is 26.6 Å². The Labute approximate surface area is 143 Å². The quantitative estimate of drug-likeness (QED) is 0.808. The Morgan fingerprint density at radius 1 is 0.917 bits per heavy atom. The highest BCUT2D eigenvalue weighted by atomic mass is 32.2. The minimum absolute atomic E-state index is 0.0685. The summed E-state index contributed by atoms with van der Waals surface area (Å²) in [7, 11) is -3.20. The van der Waals surface area contributed by atoms with Crippen LogP contribution in [0.3, 0.4) is 0 Å². The molecule has 0 saturated carbocycles. The standard InChI is InChI=1S/C18H22N2O3S/c1-3-14-5-7-16(8-6-14)20-18(21)13-19-15-9-11-17(12-10-15)24(22,23)4-2/h5-12,19H,3-4,13H2,1-2H3,(H,20,21). The van der Waals surface area contributed by atoms with Gasteiger partial charge in [0.25, 0.3) is 0 Å². The minimum Gasteiger partial charge on any atom is -0.376 e. The highest BCUT2D eigenvalue weighted by Gasteiger charge is 2.10. The van der Waals surface area contributed by atoms with Gasteiger partial charge in [0.1, 0.15) is 0 Å². The minimum atomic E-state index is -3.20. The third-order valence-corrected chi connectivity index (χ3v) is 5.44. The van der Waals surface area contributed by atoms with E-state index in [0.29, 0.717) is 5.69 Å². The predicted octanol–water partition coefficient (Wildman–Crippen LogP) is 3.09. The first-order chi connectivity index (χ1) is 11.4. The second kappa shape index (κ2) is 7.97. The number of carbonyl (C=O) groups excluding carboxylic acids is 1. The first kappa shape index (κ1) is 18.0. The molecule has 0 spiro atoms. The van der Waals surface area contributed by atoms with E-state index in [0.717, 1.165) is 12.1 Å². The third kappa shape index (κ3) is 4.83. The van der Waals surface area contributed by atoms with Gasteiger partial charge in [-0.3, -0.25) is 4.79 Å². The molecule has 0 aromatic heterocycles. The van der Waals surface area contributed by atoms with Gasteiger partial charge in [-0.05, 0) is 48.4 Å². The van der Waals surface area contributed by atoms with Crippen LogP contribution in [0.15, 0.2) is 53.4 Å². The van der Waals surface area contributed by atoms with Crippen molar-refractivity contribution < 1.29 is 13.2 Å². The summed E-state index contributed by atoms with van der Waals surface area (Å²) < 4.78 is 23.5. The molecule has 0 saturated heterocycles. The van der Waals surface area contributed by atoms with Crippen molar-refractivity contribution in [1.29, 1.82) is 0 Å². The summed E-state index contributed by atoms with van der Waals surface area (Å²) in [4.78, 5) is 12.2. The van der Waals surface area contributed by atoms with Crippen LogP contribution in [0.2, 0.25) is 0 Å². The molecule has 128 valence electrons. The molecule has 0 bridgehead atoms. The van der Waals surface area contributed by atoms with Gasteiger partial charge < -0.3 is 10.6 Å². The topological polar surface area (TPSA) is 75.3 Å². The molecule has 24 heavy (non-hydrogen) atoms. The van der Waals surface area contributed by atoms with Crippen molar-refractivity contribution in [2.24, 2.45) is 0 Å². The number of hydrogen-bond donors (Lipinski definition) is 2. The highest BCUT2D eigenvalue weighted by Crippen LogP contribution is 2.15. The molecule has 0 aliphatic carbocycles. The number of amides is 1. The third-order valence-electron chi connectivity index (χ3n) is 3.69. The number of sulfone groups is 1. The molecule has 0 unspecified atom stereocenters. The summed E-state index contributed by atoms with van der Waals surface area (Å²) in [6, 6.07) is 14.1. The Morgan fingerprint density at radius 2 is 1.50 bits per heavy atom. The van der Waals surface area contributed by atoms with Gasteiger partial charge in [0.05, 0.1) is 17.2 Å². The lowest BCUT2D eigenvalue weighted by atomic mass is 10.1. The molecule has 6 heteroatoms. The maximum atomic E-state index is 11.9. The lowest BCUT2D eigenvalue weighted by Gasteiger charge is -2.09. The number of anilines is 2. The highest BCUT2D eigenvalue weighted by molar-refractivity contribution is 7.91. The summed E-state index contributed by atoms with van der Waals surface area (Å²) in [5.74, 6) is -0.0940. The van der Waals surface area contributed by atoms with Gasteiger partial charge in [0.2, 0.25) is 5.91 Å². The lowest BCUT2D eigenvalue weighted by Crippen LogP contribution is -2.21. The van der Waals surface area contributed by atoms with E-state index in [4.69, 9.17) is 0 Å². The molecule has 2 aromatic carbocycles. The normalized spacial score (nSPS) is 11.1. The van der Waals surface area contributed by atoms with E-state index in [9.17, 15) is 13.2 Å². The monoisotopic (exact) mass is 346 g/mol. The zero-order valence-corrected chi connectivity index (χ0v) is 14.7. The lowest BCUT2D eigenvalue weighted by molar-refractivity contribution is -0.114. The Hall–Kier alpha value is -2.34. The molecule has 5 nitrogen and oxygen atoms in total. The van der Waals surface area contributed by atoms with Gasteiger partial charge in [-0.1, -0.05) is 26.0 Å². The summed E-state index contributed by atoms with van der Waals surface area (Å²) in [5.41, 5.74) is 2.66. The van der Waals surface area contributed by atoms with Crippen LogP contribution in [0, 0.1) is 0 Å². The van der Waals surface area contributed by atoms with Crippen LogP contribution in [0.25, 0.3) is 0 Å². The van der Waals surface area contributed by atoms with E-state index < -0.39 is 9.84 Å². The molecule has 0 atom stereocenters. The predicted molar refractivity (Wildman–Crippen MR) is 97.1 cm³/mol. The first-order valence-corrected chi connectivity index (χ1v) is 9.55. The molecule has 2 rings (SSSR count). The van der Waals surface area contributed by atoms with E-state index in [1.54, 1.807) is 31.2 Å². The average Bonchev–Trinajstić information content (AvgIpc) is 2.61. The van der Waals surface area contributed by atoms with Crippen molar-refractivity contribution in [3.8, 4) is 0 Å². The van der Waals surface area contributed by atoms with Crippen molar-refractivity contribution in [2.45, 2.75) is 25.2 Å². The fraction of sp³-hybridized carbons (Fsp3) is 0.278. The second-order valence-electron chi connectivity index (χ2n) is 5.38. The smallest absolute Gasteiger partial charge is 0.243 e. The maximum absolute atomic E-state index is 11.9. The van der Waals surface area contributed by atoms with E-state index in [1.165, 1.54) is 5.56 Å². The summed E-state index contributed by atoms with van der Waals surface area (Å²) in [6.45, 7) is 3.79. The van der Waals surface area contributed by atoms with Gasteiger partial charge in [-0.2, -0.15) is 0 Å². The van der Waals surface area contributed by atoms with Crippen LogP contribution < -0.4 is 10.6 Å². The van der Waals surface area contributed by atoms with Crippen molar-refractivity contribution in [3.05, 3.63) is 54.1 Å². The molecule has 2 N–H and O–H groups in total. The Balaban J connectivity index is 1.89. The molecule has 0 heterocycles. The number of benzene rings is 2. The van der Waals surface area contributed by atoms with Crippen LogP contribution in [0.5, 0.6) is 0 Å². The van der Waals surface area contributed by atoms with Gasteiger partial charge in [-0.25, -0.2) is 8.42 Å². The fourth-order valence-corrected chi connectivity index (χ4v) is 3.04. The van der Waals surface area contributed by atoms with E-state index >= 15 is 0 Å². The number of aryl methyl sites for hydroxylation is 1. The van der Waals surface area contributed by atoms with Gasteiger partial charge in [0.15, 0.2) is 9.84 Å². The van der Waals surface area contributed by atoms with Gasteiger partial charge in [0, 0.05) is 11.4 Å². The zero-order valence-electron chi connectivity index (χ0n) is 13.9.